The van der Waals surface area contributed by atoms with Gasteiger partial charge in [0.15, 0.2) is 0 Å². The molecule has 0 aliphatic rings. The van der Waals surface area contributed by atoms with Crippen molar-refractivity contribution < 1.29 is 0 Å². The van der Waals surface area contributed by atoms with Crippen LogP contribution in [0.25, 0.3) is 0 Å². The van der Waals surface area contributed by atoms with Crippen molar-refractivity contribution in [3.05, 3.63) is 30.1 Å². The number of hydrogen-bond donors (Lipinski definition) is 1. The molecule has 4 nitrogen and oxygen atoms in total. The Morgan fingerprint density at radius 3 is 2.67 bits per heavy atom. The second kappa shape index (κ2) is 6.12. The van der Waals surface area contributed by atoms with Crippen molar-refractivity contribution in [2.75, 3.05) is 27.2 Å². The minimum absolute atomic E-state index is 0.243. The number of hydrogen-bond acceptors (Lipinski definition) is 4. The van der Waals surface area contributed by atoms with E-state index in [0.717, 1.165) is 18.7 Å². The molecule has 0 aliphatic heterocycles. The number of nitriles is 1. The molecular weight excluding hydrogens is 188 g/mol. The van der Waals surface area contributed by atoms with Crippen molar-refractivity contribution in [3.8, 4) is 6.07 Å². The molecule has 0 amide bonds. The van der Waals surface area contributed by atoms with Gasteiger partial charge in [-0.1, -0.05) is 0 Å². The van der Waals surface area contributed by atoms with Crippen molar-refractivity contribution in [1.82, 2.24) is 15.2 Å². The fourth-order valence-electron chi connectivity index (χ4n) is 1.23. The maximum atomic E-state index is 9.00. The molecule has 1 heterocycles. The highest BCUT2D eigenvalue weighted by Crippen LogP contribution is 2.09. The molecule has 0 fully saturated rings. The van der Waals surface area contributed by atoms with Crippen molar-refractivity contribution in [2.45, 2.75) is 6.04 Å². The highest BCUT2D eigenvalue weighted by atomic mass is 15.1. The summed E-state index contributed by atoms with van der Waals surface area (Å²) in [6.07, 6.45) is 3.40. The number of nitrogens with one attached hydrogen (secondary N) is 1. The van der Waals surface area contributed by atoms with Gasteiger partial charge >= 0.3 is 0 Å². The van der Waals surface area contributed by atoms with E-state index in [1.807, 2.05) is 26.2 Å². The minimum Gasteiger partial charge on any atom is -0.308 e. The second-order valence-corrected chi connectivity index (χ2v) is 3.60. The summed E-state index contributed by atoms with van der Waals surface area (Å²) < 4.78 is 0. The lowest BCUT2D eigenvalue weighted by Crippen LogP contribution is -2.29. The van der Waals surface area contributed by atoms with Crippen LogP contribution in [0.4, 0.5) is 0 Å². The van der Waals surface area contributed by atoms with Gasteiger partial charge in [-0.05, 0) is 31.8 Å². The van der Waals surface area contributed by atoms with Crippen molar-refractivity contribution >= 4 is 0 Å². The fourth-order valence-corrected chi connectivity index (χ4v) is 1.23. The first-order valence-corrected chi connectivity index (χ1v) is 4.91. The van der Waals surface area contributed by atoms with Crippen LogP contribution in [-0.2, 0) is 0 Å². The molecule has 1 aromatic heterocycles. The first-order chi connectivity index (χ1) is 7.24. The third-order valence-electron chi connectivity index (χ3n) is 2.08. The highest BCUT2D eigenvalue weighted by Gasteiger charge is 2.08. The summed E-state index contributed by atoms with van der Waals surface area (Å²) >= 11 is 0. The van der Waals surface area contributed by atoms with Gasteiger partial charge < -0.3 is 4.90 Å². The molecule has 1 unspecified atom stereocenters. The number of likely N-dealkylation sites (N-methyl/N-ethyl adjacent to an activating group) is 1. The second-order valence-electron chi connectivity index (χ2n) is 3.60. The van der Waals surface area contributed by atoms with E-state index in [0.29, 0.717) is 0 Å². The first-order valence-electron chi connectivity index (χ1n) is 4.91. The van der Waals surface area contributed by atoms with E-state index >= 15 is 0 Å². The van der Waals surface area contributed by atoms with Crippen molar-refractivity contribution in [2.24, 2.45) is 0 Å². The van der Waals surface area contributed by atoms with Crippen LogP contribution in [0, 0.1) is 11.3 Å². The average Bonchev–Trinajstić information content (AvgIpc) is 2.25. The summed E-state index contributed by atoms with van der Waals surface area (Å²) in [4.78, 5) is 6.00. The zero-order chi connectivity index (χ0) is 11.1. The summed E-state index contributed by atoms with van der Waals surface area (Å²) in [5, 5.41) is 12.2. The lowest BCUT2D eigenvalue weighted by molar-refractivity contribution is 0.395. The molecule has 0 saturated carbocycles. The van der Waals surface area contributed by atoms with Crippen LogP contribution < -0.4 is 5.32 Å². The third-order valence-corrected chi connectivity index (χ3v) is 2.08. The first kappa shape index (κ1) is 11.6. The Morgan fingerprint density at radius 2 is 2.13 bits per heavy atom. The molecule has 1 aromatic rings. The quantitative estimate of drug-likeness (QED) is 0.770. The summed E-state index contributed by atoms with van der Waals surface area (Å²) in [7, 11) is 4.02. The van der Waals surface area contributed by atoms with Gasteiger partial charge in [0.05, 0.1) is 6.07 Å². The molecule has 0 aliphatic carbocycles. The maximum absolute atomic E-state index is 9.00. The Bertz CT molecular complexity index is 315. The van der Waals surface area contributed by atoms with E-state index in [2.05, 4.69) is 21.3 Å². The van der Waals surface area contributed by atoms with E-state index in [1.54, 1.807) is 12.4 Å². The third kappa shape index (κ3) is 4.07. The fraction of sp³-hybridized carbons (Fsp3) is 0.455. The predicted molar refractivity (Wildman–Crippen MR) is 59.1 cm³/mol. The Labute approximate surface area is 90.5 Å². The molecule has 0 aromatic carbocycles. The largest absolute Gasteiger partial charge is 0.308 e. The smallest absolute Gasteiger partial charge is 0.121 e. The number of nitrogens with zero attached hydrogens (tertiary/aromatic N) is 3. The van der Waals surface area contributed by atoms with E-state index in [1.165, 1.54) is 0 Å². The van der Waals surface area contributed by atoms with Crippen molar-refractivity contribution in [1.29, 1.82) is 5.26 Å². The lowest BCUT2D eigenvalue weighted by Gasteiger charge is -2.14. The minimum atomic E-state index is -0.243. The summed E-state index contributed by atoms with van der Waals surface area (Å²) in [5.41, 5.74) is 0.964. The molecule has 0 spiro atoms. The Morgan fingerprint density at radius 1 is 1.47 bits per heavy atom. The number of rotatable bonds is 5. The van der Waals surface area contributed by atoms with Crippen LogP contribution >= 0.6 is 0 Å². The zero-order valence-electron chi connectivity index (χ0n) is 9.14. The van der Waals surface area contributed by atoms with Gasteiger partial charge in [-0.25, -0.2) is 0 Å². The van der Waals surface area contributed by atoms with Crippen LogP contribution in [0.15, 0.2) is 24.5 Å². The summed E-state index contributed by atoms with van der Waals surface area (Å²) in [5.74, 6) is 0. The Balaban J connectivity index is 2.48. The molecule has 4 heteroatoms. The molecule has 80 valence electrons. The molecule has 0 saturated heterocycles. The van der Waals surface area contributed by atoms with Gasteiger partial charge in [0.25, 0.3) is 0 Å². The van der Waals surface area contributed by atoms with Crippen LogP contribution in [0.2, 0.25) is 0 Å². The molecule has 15 heavy (non-hydrogen) atoms. The van der Waals surface area contributed by atoms with E-state index in [-0.39, 0.29) is 6.04 Å². The molecular formula is C11H16N4. The lowest BCUT2D eigenvalue weighted by atomic mass is 10.1. The van der Waals surface area contributed by atoms with E-state index < -0.39 is 0 Å². The van der Waals surface area contributed by atoms with Gasteiger partial charge in [0, 0.05) is 25.5 Å². The topological polar surface area (TPSA) is 52.0 Å². The van der Waals surface area contributed by atoms with Crippen LogP contribution in [0.5, 0.6) is 0 Å². The Hall–Kier alpha value is -1.44. The standard InChI is InChI=1S/C11H16N4/c1-15(2)8-7-14-11(9-12)10-3-5-13-6-4-10/h3-6,11,14H,7-8H2,1-2H3. The number of pyridine rings is 1. The molecule has 1 N–H and O–H groups in total. The normalized spacial score (nSPS) is 12.4. The van der Waals surface area contributed by atoms with E-state index in [9.17, 15) is 0 Å². The van der Waals surface area contributed by atoms with Gasteiger partial charge in [0.2, 0.25) is 0 Å². The average molecular weight is 204 g/mol. The maximum Gasteiger partial charge on any atom is 0.121 e. The van der Waals surface area contributed by atoms with Gasteiger partial charge in [-0.2, -0.15) is 5.26 Å². The highest BCUT2D eigenvalue weighted by molar-refractivity contribution is 5.20. The molecule has 1 rings (SSSR count). The zero-order valence-corrected chi connectivity index (χ0v) is 9.14. The van der Waals surface area contributed by atoms with Gasteiger partial charge in [-0.3, -0.25) is 10.3 Å². The summed E-state index contributed by atoms with van der Waals surface area (Å²) in [6.45, 7) is 1.72. The predicted octanol–water partition coefficient (Wildman–Crippen LogP) is 0.797. The monoisotopic (exact) mass is 204 g/mol. The molecule has 0 bridgehead atoms. The Kier molecular flexibility index (Phi) is 4.75. The van der Waals surface area contributed by atoms with Gasteiger partial charge in [0.1, 0.15) is 6.04 Å². The van der Waals surface area contributed by atoms with Crippen LogP contribution in [-0.4, -0.2) is 37.1 Å². The van der Waals surface area contributed by atoms with E-state index in [4.69, 9.17) is 5.26 Å². The van der Waals surface area contributed by atoms with Crippen molar-refractivity contribution in [3.63, 3.8) is 0 Å². The SMILES string of the molecule is CN(C)CCNC(C#N)c1ccncc1. The van der Waals surface area contributed by atoms with Gasteiger partial charge in [-0.15, -0.1) is 0 Å². The molecule has 0 radical (unpaired) electrons. The molecule has 1 atom stereocenters. The van der Waals surface area contributed by atoms with Crippen LogP contribution in [0.1, 0.15) is 11.6 Å². The number of aromatic nitrogens is 1. The summed E-state index contributed by atoms with van der Waals surface area (Å²) in [6, 6.07) is 5.71. The van der Waals surface area contributed by atoms with Crippen LogP contribution in [0.3, 0.4) is 0 Å².